The standard InChI is InChI=1S/C24H25N5O2/c1-27-15-17-6-8-18(14-19(17)24(27)30)28-11-12-31-21-13-16(7-9-20(21)28)23-26-25-22-5-3-2-4-10-29(22)23/h6-9,13-14H,2-5,10-12,15H2,1H3. The highest BCUT2D eigenvalue weighted by Gasteiger charge is 2.27. The quantitative estimate of drug-likeness (QED) is 0.637. The number of amides is 1. The molecule has 3 aliphatic heterocycles. The maximum absolute atomic E-state index is 12.5. The van der Waals surface area contributed by atoms with Crippen LogP contribution in [0.1, 0.15) is 41.0 Å². The monoisotopic (exact) mass is 415 g/mol. The van der Waals surface area contributed by atoms with E-state index in [2.05, 4.69) is 50.0 Å². The van der Waals surface area contributed by atoms with Crippen LogP contribution in [0.3, 0.4) is 0 Å². The fraction of sp³-hybridized carbons (Fsp3) is 0.375. The zero-order valence-corrected chi connectivity index (χ0v) is 17.7. The highest BCUT2D eigenvalue weighted by molar-refractivity contribution is 5.99. The van der Waals surface area contributed by atoms with E-state index in [1.165, 1.54) is 19.3 Å². The number of benzene rings is 2. The van der Waals surface area contributed by atoms with Gasteiger partial charge >= 0.3 is 0 Å². The number of aromatic nitrogens is 3. The van der Waals surface area contributed by atoms with Crippen molar-refractivity contribution in [2.75, 3.05) is 25.1 Å². The van der Waals surface area contributed by atoms with Crippen LogP contribution >= 0.6 is 0 Å². The zero-order valence-electron chi connectivity index (χ0n) is 17.7. The number of hydrogen-bond acceptors (Lipinski definition) is 5. The molecule has 7 heteroatoms. The van der Waals surface area contributed by atoms with Crippen molar-refractivity contribution in [1.29, 1.82) is 0 Å². The topological polar surface area (TPSA) is 63.5 Å². The molecule has 0 bridgehead atoms. The zero-order chi connectivity index (χ0) is 20.9. The molecule has 2 aromatic carbocycles. The molecule has 0 unspecified atom stereocenters. The number of rotatable bonds is 2. The Labute approximate surface area is 181 Å². The highest BCUT2D eigenvalue weighted by atomic mass is 16.5. The van der Waals surface area contributed by atoms with Crippen LogP contribution in [0.15, 0.2) is 36.4 Å². The third-order valence-corrected chi connectivity index (χ3v) is 6.58. The van der Waals surface area contributed by atoms with E-state index >= 15 is 0 Å². The van der Waals surface area contributed by atoms with Crippen molar-refractivity contribution < 1.29 is 9.53 Å². The minimum atomic E-state index is 0.0909. The predicted molar refractivity (Wildman–Crippen MR) is 118 cm³/mol. The summed E-state index contributed by atoms with van der Waals surface area (Å²) in [6.07, 6.45) is 4.58. The van der Waals surface area contributed by atoms with E-state index in [-0.39, 0.29) is 5.91 Å². The smallest absolute Gasteiger partial charge is 0.254 e. The van der Waals surface area contributed by atoms with Gasteiger partial charge in [-0.25, -0.2) is 0 Å². The van der Waals surface area contributed by atoms with Crippen molar-refractivity contribution in [2.24, 2.45) is 0 Å². The Morgan fingerprint density at radius 1 is 1.00 bits per heavy atom. The van der Waals surface area contributed by atoms with Crippen molar-refractivity contribution in [3.8, 4) is 17.1 Å². The Morgan fingerprint density at radius 3 is 2.87 bits per heavy atom. The fourth-order valence-electron chi connectivity index (χ4n) is 4.93. The van der Waals surface area contributed by atoms with Gasteiger partial charge in [0.2, 0.25) is 0 Å². The normalized spacial score (nSPS) is 17.6. The molecule has 6 rings (SSSR count). The second-order valence-electron chi connectivity index (χ2n) is 8.59. The number of hydrogen-bond donors (Lipinski definition) is 0. The van der Waals surface area contributed by atoms with Gasteiger partial charge in [-0.1, -0.05) is 12.5 Å². The van der Waals surface area contributed by atoms with Gasteiger partial charge in [0.25, 0.3) is 5.91 Å². The summed E-state index contributed by atoms with van der Waals surface area (Å²) in [6.45, 7) is 2.99. The molecule has 0 aliphatic carbocycles. The molecule has 0 atom stereocenters. The summed E-state index contributed by atoms with van der Waals surface area (Å²) < 4.78 is 8.30. The number of fused-ring (bicyclic) bond motifs is 3. The van der Waals surface area contributed by atoms with E-state index in [4.69, 9.17) is 4.74 Å². The first-order valence-corrected chi connectivity index (χ1v) is 11.0. The number of nitrogens with zero attached hydrogens (tertiary/aromatic N) is 5. The summed E-state index contributed by atoms with van der Waals surface area (Å²) in [4.78, 5) is 16.5. The lowest BCUT2D eigenvalue weighted by Gasteiger charge is -2.31. The van der Waals surface area contributed by atoms with Gasteiger partial charge in [0, 0.05) is 43.4 Å². The minimum absolute atomic E-state index is 0.0909. The minimum Gasteiger partial charge on any atom is -0.490 e. The van der Waals surface area contributed by atoms with E-state index < -0.39 is 0 Å². The Balaban J connectivity index is 1.36. The molecule has 0 fully saturated rings. The first-order chi connectivity index (χ1) is 15.2. The molecule has 0 saturated carbocycles. The van der Waals surface area contributed by atoms with Crippen molar-refractivity contribution in [1.82, 2.24) is 19.7 Å². The Hall–Kier alpha value is -3.35. The molecule has 158 valence electrons. The third kappa shape index (κ3) is 2.99. The van der Waals surface area contributed by atoms with Crippen molar-refractivity contribution in [3.05, 3.63) is 53.3 Å². The Morgan fingerprint density at radius 2 is 1.94 bits per heavy atom. The van der Waals surface area contributed by atoms with Crippen LogP contribution in [-0.4, -0.2) is 45.8 Å². The molecule has 0 radical (unpaired) electrons. The maximum Gasteiger partial charge on any atom is 0.254 e. The first-order valence-electron chi connectivity index (χ1n) is 11.0. The van der Waals surface area contributed by atoms with Gasteiger partial charge in [-0.15, -0.1) is 10.2 Å². The lowest BCUT2D eigenvalue weighted by atomic mass is 10.1. The SMILES string of the molecule is CN1Cc2ccc(N3CCOc4cc(-c5nnc6n5CCCCC6)ccc43)cc2C1=O. The van der Waals surface area contributed by atoms with Crippen molar-refractivity contribution >= 4 is 17.3 Å². The van der Waals surface area contributed by atoms with Crippen LogP contribution in [0, 0.1) is 0 Å². The van der Waals surface area contributed by atoms with E-state index in [9.17, 15) is 4.79 Å². The predicted octanol–water partition coefficient (Wildman–Crippen LogP) is 3.79. The van der Waals surface area contributed by atoms with Crippen molar-refractivity contribution in [3.63, 3.8) is 0 Å². The number of aryl methyl sites for hydroxylation is 1. The molecule has 3 aliphatic rings. The molecule has 3 aromatic rings. The van der Waals surface area contributed by atoms with Gasteiger partial charge < -0.3 is 19.1 Å². The molecule has 0 spiro atoms. The van der Waals surface area contributed by atoms with Crippen LogP contribution in [0.2, 0.25) is 0 Å². The maximum atomic E-state index is 12.5. The highest BCUT2D eigenvalue weighted by Crippen LogP contribution is 2.40. The molecular formula is C24H25N5O2. The molecule has 4 heterocycles. The summed E-state index contributed by atoms with van der Waals surface area (Å²) in [5.74, 6) is 2.94. The Bertz CT molecular complexity index is 1180. The molecule has 1 aromatic heterocycles. The largest absolute Gasteiger partial charge is 0.490 e. The lowest BCUT2D eigenvalue weighted by molar-refractivity contribution is 0.0816. The van der Waals surface area contributed by atoms with Crippen LogP contribution in [0.5, 0.6) is 5.75 Å². The van der Waals surface area contributed by atoms with Gasteiger partial charge in [0.15, 0.2) is 5.82 Å². The van der Waals surface area contributed by atoms with Crippen LogP contribution in [0.4, 0.5) is 11.4 Å². The average molecular weight is 415 g/mol. The molecule has 0 N–H and O–H groups in total. The van der Waals surface area contributed by atoms with E-state index in [1.54, 1.807) is 4.90 Å². The first kappa shape index (κ1) is 18.4. The summed E-state index contributed by atoms with van der Waals surface area (Å²) in [5.41, 5.74) is 4.97. The summed E-state index contributed by atoms with van der Waals surface area (Å²) in [6, 6.07) is 12.5. The Kier molecular flexibility index (Phi) is 4.23. The summed E-state index contributed by atoms with van der Waals surface area (Å²) >= 11 is 0. The van der Waals surface area contributed by atoms with Crippen LogP contribution < -0.4 is 9.64 Å². The summed E-state index contributed by atoms with van der Waals surface area (Å²) in [5, 5.41) is 8.93. The van der Waals surface area contributed by atoms with Crippen molar-refractivity contribution in [2.45, 2.75) is 38.8 Å². The third-order valence-electron chi connectivity index (χ3n) is 6.58. The molecule has 7 nitrogen and oxygen atoms in total. The van der Waals surface area contributed by atoms with Gasteiger partial charge in [0.05, 0.1) is 12.2 Å². The van der Waals surface area contributed by atoms with Crippen LogP contribution in [-0.2, 0) is 19.5 Å². The van der Waals surface area contributed by atoms with E-state index in [0.29, 0.717) is 13.2 Å². The van der Waals surface area contributed by atoms with E-state index in [1.807, 2.05) is 13.1 Å². The van der Waals surface area contributed by atoms with Gasteiger partial charge in [0.1, 0.15) is 18.2 Å². The molecule has 31 heavy (non-hydrogen) atoms. The average Bonchev–Trinajstić information content (AvgIpc) is 3.23. The lowest BCUT2D eigenvalue weighted by Crippen LogP contribution is -2.28. The molecule has 1 amide bonds. The number of carbonyl (C=O) groups is 1. The van der Waals surface area contributed by atoms with Gasteiger partial charge in [-0.05, 0) is 48.7 Å². The number of anilines is 2. The fourth-order valence-corrected chi connectivity index (χ4v) is 4.93. The van der Waals surface area contributed by atoms with Gasteiger partial charge in [-0.3, -0.25) is 4.79 Å². The summed E-state index contributed by atoms with van der Waals surface area (Å²) in [7, 11) is 1.85. The molecule has 0 saturated heterocycles. The van der Waals surface area contributed by atoms with E-state index in [0.717, 1.165) is 65.0 Å². The molecular weight excluding hydrogens is 390 g/mol. The second kappa shape index (κ2) is 7.11. The number of ether oxygens (including phenoxy) is 1. The second-order valence-corrected chi connectivity index (χ2v) is 8.59. The van der Waals surface area contributed by atoms with Crippen LogP contribution in [0.25, 0.3) is 11.4 Å². The number of carbonyl (C=O) groups excluding carboxylic acids is 1. The van der Waals surface area contributed by atoms with Gasteiger partial charge in [-0.2, -0.15) is 0 Å².